The molecule has 1 heterocycles. The summed E-state index contributed by atoms with van der Waals surface area (Å²) in [5.74, 6) is 1.03. The van der Waals surface area contributed by atoms with Gasteiger partial charge in [-0.25, -0.2) is 4.79 Å². The van der Waals surface area contributed by atoms with Crippen LogP contribution in [0.15, 0.2) is 24.3 Å². The normalized spacial score (nSPS) is 17.1. The Balaban J connectivity index is 1.74. The molecular weight excluding hydrogens is 312 g/mol. The molecular formula is C17H24N2O5. The van der Waals surface area contributed by atoms with Gasteiger partial charge in [-0.3, -0.25) is 4.79 Å². The van der Waals surface area contributed by atoms with Crippen LogP contribution in [0.2, 0.25) is 0 Å². The van der Waals surface area contributed by atoms with E-state index in [1.807, 2.05) is 24.3 Å². The SMILES string of the molecule is COC(=O)N1CCCC(C(=O)NCCOc2ccccc2OC)C1. The molecule has 1 saturated heterocycles. The number of hydrogen-bond acceptors (Lipinski definition) is 5. The maximum atomic E-state index is 12.2. The number of amides is 2. The topological polar surface area (TPSA) is 77.1 Å². The van der Waals surface area contributed by atoms with Gasteiger partial charge >= 0.3 is 6.09 Å². The molecule has 1 aromatic rings. The summed E-state index contributed by atoms with van der Waals surface area (Å²) in [5, 5.41) is 2.85. The van der Waals surface area contributed by atoms with Gasteiger partial charge in [0.25, 0.3) is 0 Å². The van der Waals surface area contributed by atoms with Gasteiger partial charge in [0, 0.05) is 13.1 Å². The number of benzene rings is 1. The van der Waals surface area contributed by atoms with Crippen molar-refractivity contribution in [3.05, 3.63) is 24.3 Å². The fourth-order valence-corrected chi connectivity index (χ4v) is 2.70. The van der Waals surface area contributed by atoms with E-state index in [0.717, 1.165) is 12.8 Å². The van der Waals surface area contributed by atoms with Crippen molar-refractivity contribution >= 4 is 12.0 Å². The minimum atomic E-state index is -0.382. The van der Waals surface area contributed by atoms with Crippen molar-refractivity contribution in [3.63, 3.8) is 0 Å². The molecule has 24 heavy (non-hydrogen) atoms. The Morgan fingerprint density at radius 3 is 2.71 bits per heavy atom. The summed E-state index contributed by atoms with van der Waals surface area (Å²) >= 11 is 0. The largest absolute Gasteiger partial charge is 0.493 e. The van der Waals surface area contributed by atoms with Gasteiger partial charge in [0.1, 0.15) is 6.61 Å². The van der Waals surface area contributed by atoms with Crippen LogP contribution in [0.5, 0.6) is 11.5 Å². The molecule has 0 saturated carbocycles. The Morgan fingerprint density at radius 1 is 1.25 bits per heavy atom. The molecule has 0 spiro atoms. The Hall–Kier alpha value is -2.44. The first-order chi connectivity index (χ1) is 11.7. The van der Waals surface area contributed by atoms with E-state index >= 15 is 0 Å². The second-order valence-corrected chi connectivity index (χ2v) is 5.55. The fraction of sp³-hybridized carbons (Fsp3) is 0.529. The number of ether oxygens (including phenoxy) is 3. The van der Waals surface area contributed by atoms with Gasteiger partial charge in [-0.15, -0.1) is 0 Å². The Bertz CT molecular complexity index is 564. The third-order valence-corrected chi connectivity index (χ3v) is 3.95. The van der Waals surface area contributed by atoms with Gasteiger partial charge in [0.2, 0.25) is 5.91 Å². The van der Waals surface area contributed by atoms with Gasteiger partial charge in [-0.2, -0.15) is 0 Å². The second-order valence-electron chi connectivity index (χ2n) is 5.55. The molecule has 1 fully saturated rings. The number of carbonyl (C=O) groups excluding carboxylic acids is 2. The van der Waals surface area contributed by atoms with E-state index in [-0.39, 0.29) is 17.9 Å². The number of nitrogens with zero attached hydrogens (tertiary/aromatic N) is 1. The lowest BCUT2D eigenvalue weighted by molar-refractivity contribution is -0.126. The lowest BCUT2D eigenvalue weighted by atomic mass is 9.97. The van der Waals surface area contributed by atoms with Crippen molar-refractivity contribution in [2.45, 2.75) is 12.8 Å². The Morgan fingerprint density at radius 2 is 2.00 bits per heavy atom. The molecule has 0 aromatic heterocycles. The number of rotatable bonds is 6. The molecule has 132 valence electrons. The van der Waals surface area contributed by atoms with Crippen LogP contribution in [0.4, 0.5) is 4.79 Å². The smallest absolute Gasteiger partial charge is 0.409 e. The molecule has 2 amide bonds. The summed E-state index contributed by atoms with van der Waals surface area (Å²) in [7, 11) is 2.93. The van der Waals surface area contributed by atoms with E-state index < -0.39 is 0 Å². The number of likely N-dealkylation sites (tertiary alicyclic amines) is 1. The van der Waals surface area contributed by atoms with E-state index in [1.165, 1.54) is 7.11 Å². The number of hydrogen-bond donors (Lipinski definition) is 1. The summed E-state index contributed by atoms with van der Waals surface area (Å²) in [5.41, 5.74) is 0. The van der Waals surface area contributed by atoms with Crippen molar-refractivity contribution in [1.29, 1.82) is 0 Å². The Kier molecular flexibility index (Phi) is 6.72. The highest BCUT2D eigenvalue weighted by molar-refractivity contribution is 5.79. The van der Waals surface area contributed by atoms with Crippen LogP contribution < -0.4 is 14.8 Å². The van der Waals surface area contributed by atoms with Gasteiger partial charge < -0.3 is 24.4 Å². The van der Waals surface area contributed by atoms with Crippen molar-refractivity contribution in [3.8, 4) is 11.5 Å². The molecule has 2 rings (SSSR count). The summed E-state index contributed by atoms with van der Waals surface area (Å²) < 4.78 is 15.5. The molecule has 7 nitrogen and oxygen atoms in total. The lowest BCUT2D eigenvalue weighted by Crippen LogP contribution is -2.46. The highest BCUT2D eigenvalue weighted by Crippen LogP contribution is 2.25. The molecule has 1 unspecified atom stereocenters. The van der Waals surface area contributed by atoms with Crippen LogP contribution >= 0.6 is 0 Å². The number of carbonyl (C=O) groups is 2. The summed E-state index contributed by atoms with van der Waals surface area (Å²) in [4.78, 5) is 25.3. The quantitative estimate of drug-likeness (QED) is 0.800. The molecule has 1 aliphatic rings. The predicted octanol–water partition coefficient (Wildman–Crippen LogP) is 1.67. The average molecular weight is 336 g/mol. The zero-order chi connectivity index (χ0) is 17.4. The number of para-hydroxylation sites is 2. The average Bonchev–Trinajstić information content (AvgIpc) is 2.64. The summed E-state index contributed by atoms with van der Waals surface area (Å²) in [6, 6.07) is 7.36. The maximum Gasteiger partial charge on any atom is 0.409 e. The van der Waals surface area contributed by atoms with E-state index in [0.29, 0.717) is 37.7 Å². The molecule has 0 radical (unpaired) electrons. The molecule has 1 aromatic carbocycles. The lowest BCUT2D eigenvalue weighted by Gasteiger charge is -2.30. The standard InChI is InChI=1S/C17H24N2O5/c1-22-14-7-3-4-8-15(14)24-11-9-18-16(20)13-6-5-10-19(12-13)17(21)23-2/h3-4,7-8,13H,5-6,9-12H2,1-2H3,(H,18,20). The van der Waals surface area contributed by atoms with Gasteiger partial charge in [0.15, 0.2) is 11.5 Å². The first-order valence-corrected chi connectivity index (χ1v) is 8.02. The molecule has 1 atom stereocenters. The number of methoxy groups -OCH3 is 2. The van der Waals surface area contributed by atoms with Gasteiger partial charge in [-0.1, -0.05) is 12.1 Å². The Labute approximate surface area is 141 Å². The highest BCUT2D eigenvalue weighted by Gasteiger charge is 2.28. The van der Waals surface area contributed by atoms with E-state index in [9.17, 15) is 9.59 Å². The number of nitrogens with one attached hydrogen (secondary N) is 1. The van der Waals surface area contributed by atoms with Crippen LogP contribution in [0.25, 0.3) is 0 Å². The second kappa shape index (κ2) is 9.00. The van der Waals surface area contributed by atoms with Gasteiger partial charge in [0.05, 0.1) is 26.7 Å². The number of piperidine rings is 1. The summed E-state index contributed by atoms with van der Waals surface area (Å²) in [6.07, 6.45) is 1.18. The van der Waals surface area contributed by atoms with Crippen molar-refractivity contribution in [2.24, 2.45) is 5.92 Å². The monoisotopic (exact) mass is 336 g/mol. The zero-order valence-corrected chi connectivity index (χ0v) is 14.1. The first-order valence-electron chi connectivity index (χ1n) is 8.02. The first kappa shape index (κ1) is 17.9. The summed E-state index contributed by atoms with van der Waals surface area (Å²) in [6.45, 7) is 1.77. The van der Waals surface area contributed by atoms with E-state index in [1.54, 1.807) is 12.0 Å². The van der Waals surface area contributed by atoms with Crippen LogP contribution in [0, 0.1) is 5.92 Å². The van der Waals surface area contributed by atoms with Crippen LogP contribution in [-0.2, 0) is 9.53 Å². The van der Waals surface area contributed by atoms with E-state index in [4.69, 9.17) is 14.2 Å². The fourth-order valence-electron chi connectivity index (χ4n) is 2.70. The molecule has 1 aliphatic heterocycles. The third-order valence-electron chi connectivity index (χ3n) is 3.95. The van der Waals surface area contributed by atoms with Crippen molar-refractivity contribution in [1.82, 2.24) is 10.2 Å². The third kappa shape index (κ3) is 4.78. The maximum absolute atomic E-state index is 12.2. The van der Waals surface area contributed by atoms with Crippen LogP contribution in [-0.4, -0.2) is 57.4 Å². The van der Waals surface area contributed by atoms with Crippen LogP contribution in [0.3, 0.4) is 0 Å². The van der Waals surface area contributed by atoms with Crippen molar-refractivity contribution in [2.75, 3.05) is 40.5 Å². The van der Waals surface area contributed by atoms with Crippen LogP contribution in [0.1, 0.15) is 12.8 Å². The zero-order valence-electron chi connectivity index (χ0n) is 14.1. The molecule has 0 bridgehead atoms. The molecule has 7 heteroatoms. The highest BCUT2D eigenvalue weighted by atomic mass is 16.5. The van der Waals surface area contributed by atoms with E-state index in [2.05, 4.69) is 5.32 Å². The molecule has 0 aliphatic carbocycles. The molecule has 1 N–H and O–H groups in total. The minimum absolute atomic E-state index is 0.0628. The minimum Gasteiger partial charge on any atom is -0.493 e. The predicted molar refractivity (Wildman–Crippen MR) is 88.2 cm³/mol. The van der Waals surface area contributed by atoms with Gasteiger partial charge in [-0.05, 0) is 25.0 Å². The van der Waals surface area contributed by atoms with Crippen molar-refractivity contribution < 1.29 is 23.8 Å².